The minimum absolute atomic E-state index is 0. The summed E-state index contributed by atoms with van der Waals surface area (Å²) < 4.78 is 24.5. The normalized spacial score (nSPS) is 19.7. The molecule has 0 amide bonds. The number of nitrogens with zero attached hydrogens (tertiary/aromatic N) is 2. The van der Waals surface area contributed by atoms with Gasteiger partial charge in [-0.2, -0.15) is 0 Å². The maximum absolute atomic E-state index is 13.2. The van der Waals surface area contributed by atoms with Crippen molar-refractivity contribution in [2.45, 2.75) is 19.1 Å². The summed E-state index contributed by atoms with van der Waals surface area (Å²) in [5.74, 6) is 0.912. The van der Waals surface area contributed by atoms with Crippen LogP contribution in [0.25, 0.3) is 0 Å². The molecule has 25 heavy (non-hydrogen) atoms. The Kier molecular flexibility index (Phi) is 10.1. The molecule has 0 saturated carbocycles. The fourth-order valence-electron chi connectivity index (χ4n) is 2.48. The first-order valence-corrected chi connectivity index (χ1v) is 8.23. The van der Waals surface area contributed by atoms with Crippen LogP contribution in [0.15, 0.2) is 29.3 Å². The molecule has 2 atom stereocenters. The van der Waals surface area contributed by atoms with Crippen LogP contribution in [0.1, 0.15) is 6.92 Å². The van der Waals surface area contributed by atoms with Crippen molar-refractivity contribution >= 4 is 29.9 Å². The molecule has 0 bridgehead atoms. The number of morpholine rings is 1. The monoisotopic (exact) mass is 466 g/mol. The summed E-state index contributed by atoms with van der Waals surface area (Å²) in [4.78, 5) is 6.45. The first-order valence-electron chi connectivity index (χ1n) is 8.23. The molecular formula is C17H28FIN4O2. The van der Waals surface area contributed by atoms with Gasteiger partial charge in [0.2, 0.25) is 0 Å². The van der Waals surface area contributed by atoms with Crippen LogP contribution in [0, 0.1) is 5.82 Å². The van der Waals surface area contributed by atoms with Gasteiger partial charge in [0.05, 0.1) is 19.3 Å². The quantitative estimate of drug-likeness (QED) is 0.380. The summed E-state index contributed by atoms with van der Waals surface area (Å²) in [6.07, 6.45) is 0.0330. The molecule has 6 nitrogen and oxygen atoms in total. The third kappa shape index (κ3) is 8.19. The largest absolute Gasteiger partial charge is 0.489 e. The SMILES string of the molecule is CN=C(NCC(C)Oc1cccc(F)c1)NCC1CN(C)CCO1.I. The highest BCUT2D eigenvalue weighted by molar-refractivity contribution is 14.0. The van der Waals surface area contributed by atoms with Crippen LogP contribution in [0.5, 0.6) is 5.75 Å². The Labute approximate surface area is 166 Å². The van der Waals surface area contributed by atoms with E-state index in [1.807, 2.05) is 6.92 Å². The Morgan fingerprint density at radius 1 is 1.48 bits per heavy atom. The summed E-state index contributed by atoms with van der Waals surface area (Å²) in [6, 6.07) is 6.14. The number of likely N-dealkylation sites (N-methyl/N-ethyl adjacent to an activating group) is 1. The van der Waals surface area contributed by atoms with Crippen molar-refractivity contribution in [3.8, 4) is 5.75 Å². The lowest BCUT2D eigenvalue weighted by molar-refractivity contribution is -0.0161. The second-order valence-electron chi connectivity index (χ2n) is 5.97. The molecule has 0 spiro atoms. The van der Waals surface area contributed by atoms with Gasteiger partial charge in [-0.1, -0.05) is 6.07 Å². The highest BCUT2D eigenvalue weighted by Crippen LogP contribution is 2.13. The van der Waals surface area contributed by atoms with Gasteiger partial charge in [-0.25, -0.2) is 4.39 Å². The van der Waals surface area contributed by atoms with E-state index in [2.05, 4.69) is 27.6 Å². The fraction of sp³-hybridized carbons (Fsp3) is 0.588. The van der Waals surface area contributed by atoms with E-state index < -0.39 is 0 Å². The minimum atomic E-state index is -0.303. The van der Waals surface area contributed by atoms with E-state index in [-0.39, 0.29) is 42.0 Å². The van der Waals surface area contributed by atoms with Gasteiger partial charge >= 0.3 is 0 Å². The first-order chi connectivity index (χ1) is 11.6. The third-order valence-corrected chi connectivity index (χ3v) is 3.75. The molecule has 1 saturated heterocycles. The van der Waals surface area contributed by atoms with Crippen LogP contribution in [-0.4, -0.2) is 69.9 Å². The van der Waals surface area contributed by atoms with Gasteiger partial charge in [-0.15, -0.1) is 24.0 Å². The Morgan fingerprint density at radius 2 is 2.28 bits per heavy atom. The molecule has 1 aliphatic heterocycles. The summed E-state index contributed by atoms with van der Waals surface area (Å²) in [5.41, 5.74) is 0. The van der Waals surface area contributed by atoms with E-state index in [9.17, 15) is 4.39 Å². The zero-order chi connectivity index (χ0) is 17.4. The second kappa shape index (κ2) is 11.5. The van der Waals surface area contributed by atoms with E-state index in [0.29, 0.717) is 24.8 Å². The van der Waals surface area contributed by atoms with Gasteiger partial charge in [0, 0.05) is 32.7 Å². The van der Waals surface area contributed by atoms with Gasteiger partial charge < -0.3 is 25.0 Å². The molecule has 2 rings (SSSR count). The maximum Gasteiger partial charge on any atom is 0.191 e. The van der Waals surface area contributed by atoms with Crippen molar-refractivity contribution in [1.29, 1.82) is 0 Å². The van der Waals surface area contributed by atoms with Gasteiger partial charge in [-0.3, -0.25) is 4.99 Å². The second-order valence-corrected chi connectivity index (χ2v) is 5.97. The molecule has 2 unspecified atom stereocenters. The zero-order valence-corrected chi connectivity index (χ0v) is 17.3. The molecule has 0 aliphatic carbocycles. The molecule has 1 aromatic rings. The fourth-order valence-corrected chi connectivity index (χ4v) is 2.48. The Hall–Kier alpha value is -1.13. The van der Waals surface area contributed by atoms with Crippen LogP contribution in [-0.2, 0) is 4.74 Å². The lowest BCUT2D eigenvalue weighted by Crippen LogP contribution is -2.49. The van der Waals surface area contributed by atoms with E-state index in [1.54, 1.807) is 19.2 Å². The molecule has 142 valence electrons. The van der Waals surface area contributed by atoms with Gasteiger partial charge in [0.25, 0.3) is 0 Å². The number of aliphatic imine (C=N–C) groups is 1. The molecule has 0 aromatic heterocycles. The molecule has 1 aromatic carbocycles. The van der Waals surface area contributed by atoms with Crippen LogP contribution in [0.4, 0.5) is 4.39 Å². The first kappa shape index (κ1) is 21.9. The lowest BCUT2D eigenvalue weighted by Gasteiger charge is -2.30. The number of hydrogen-bond donors (Lipinski definition) is 2. The molecule has 8 heteroatoms. The number of guanidine groups is 1. The van der Waals surface area contributed by atoms with Crippen LogP contribution in [0.3, 0.4) is 0 Å². The van der Waals surface area contributed by atoms with Gasteiger partial charge in [0.15, 0.2) is 5.96 Å². The van der Waals surface area contributed by atoms with Crippen LogP contribution >= 0.6 is 24.0 Å². The van der Waals surface area contributed by atoms with Crippen molar-refractivity contribution in [2.24, 2.45) is 4.99 Å². The average molecular weight is 466 g/mol. The highest BCUT2D eigenvalue weighted by atomic mass is 127. The third-order valence-electron chi connectivity index (χ3n) is 3.75. The number of rotatable bonds is 6. The average Bonchev–Trinajstić information content (AvgIpc) is 2.55. The van der Waals surface area contributed by atoms with Gasteiger partial charge in [-0.05, 0) is 26.1 Å². The lowest BCUT2D eigenvalue weighted by atomic mass is 10.3. The Balaban J connectivity index is 0.00000312. The molecule has 1 fully saturated rings. The number of nitrogens with one attached hydrogen (secondary N) is 2. The van der Waals surface area contributed by atoms with E-state index in [0.717, 1.165) is 19.7 Å². The number of ether oxygens (including phenoxy) is 2. The maximum atomic E-state index is 13.2. The predicted molar refractivity (Wildman–Crippen MR) is 109 cm³/mol. The Morgan fingerprint density at radius 3 is 2.96 bits per heavy atom. The molecular weight excluding hydrogens is 438 g/mol. The molecule has 1 heterocycles. The van der Waals surface area contributed by atoms with Crippen molar-refractivity contribution < 1.29 is 13.9 Å². The Bertz CT molecular complexity index is 547. The van der Waals surface area contributed by atoms with Crippen molar-refractivity contribution in [2.75, 3.05) is 46.9 Å². The summed E-state index contributed by atoms with van der Waals surface area (Å²) in [5, 5.41) is 6.47. The standard InChI is InChI=1S/C17H27FN4O2.HI/c1-13(24-15-6-4-5-14(18)9-15)10-20-17(19-2)21-11-16-12-22(3)7-8-23-16;/h4-6,9,13,16H,7-8,10-12H2,1-3H3,(H2,19,20,21);1H. The zero-order valence-electron chi connectivity index (χ0n) is 15.0. The van der Waals surface area contributed by atoms with Crippen molar-refractivity contribution in [3.05, 3.63) is 30.1 Å². The summed E-state index contributed by atoms with van der Waals surface area (Å²) >= 11 is 0. The van der Waals surface area contributed by atoms with Crippen LogP contribution < -0.4 is 15.4 Å². The van der Waals surface area contributed by atoms with E-state index in [4.69, 9.17) is 9.47 Å². The van der Waals surface area contributed by atoms with E-state index in [1.165, 1.54) is 12.1 Å². The number of hydrogen-bond acceptors (Lipinski definition) is 4. The molecule has 2 N–H and O–H groups in total. The predicted octanol–water partition coefficient (Wildman–Crippen LogP) is 1.71. The summed E-state index contributed by atoms with van der Waals surface area (Å²) in [7, 11) is 3.81. The minimum Gasteiger partial charge on any atom is -0.489 e. The summed E-state index contributed by atoms with van der Waals surface area (Å²) in [6.45, 7) is 5.81. The smallest absolute Gasteiger partial charge is 0.191 e. The number of benzene rings is 1. The topological polar surface area (TPSA) is 58.1 Å². The van der Waals surface area contributed by atoms with Gasteiger partial charge in [0.1, 0.15) is 17.7 Å². The number of halogens is 2. The van der Waals surface area contributed by atoms with Crippen LogP contribution in [0.2, 0.25) is 0 Å². The van der Waals surface area contributed by atoms with Crippen molar-refractivity contribution in [3.63, 3.8) is 0 Å². The molecule has 0 radical (unpaired) electrons. The molecule has 1 aliphatic rings. The van der Waals surface area contributed by atoms with Crippen molar-refractivity contribution in [1.82, 2.24) is 15.5 Å². The van der Waals surface area contributed by atoms with E-state index >= 15 is 0 Å². The highest BCUT2D eigenvalue weighted by Gasteiger charge is 2.17.